The quantitative estimate of drug-likeness (QED) is 0.353. The van der Waals surface area contributed by atoms with Crippen molar-refractivity contribution in [1.82, 2.24) is 10.6 Å². The van der Waals surface area contributed by atoms with Gasteiger partial charge in [0.05, 0.1) is 0 Å². The topological polar surface area (TPSA) is 132 Å². The van der Waals surface area contributed by atoms with Crippen LogP contribution in [0.4, 0.5) is 4.79 Å². The molecule has 2 unspecified atom stereocenters. The Hall–Kier alpha value is -1.70. The Balaban J connectivity index is 2.80. The van der Waals surface area contributed by atoms with Gasteiger partial charge in [-0.1, -0.05) is 0 Å². The van der Waals surface area contributed by atoms with Gasteiger partial charge >= 0.3 is 18.0 Å². The maximum Gasteiger partial charge on any atom is 0.367 e. The molecule has 1 rings (SSSR count). The number of rotatable bonds is 1. The fraction of sp³-hybridized carbons (Fsp3) is 0.500. The highest BCUT2D eigenvalue weighted by atomic mass is 16.6. The summed E-state index contributed by atoms with van der Waals surface area (Å²) in [7, 11) is 0. The molecule has 0 saturated carbocycles. The van der Waals surface area contributed by atoms with Crippen LogP contribution in [0.15, 0.2) is 0 Å². The zero-order valence-corrected chi connectivity index (χ0v) is 5.71. The summed E-state index contributed by atoms with van der Waals surface area (Å²) >= 11 is 0. The molecule has 2 atom stereocenters. The van der Waals surface area contributed by atoms with Gasteiger partial charge in [-0.2, -0.15) is 0 Å². The molecule has 0 aromatic rings. The largest absolute Gasteiger partial charge is 0.367 e. The minimum absolute atomic E-state index is 0.910. The SMILES string of the molecule is NC1[N]C(=O)[N]C(=O)C1[N+](=O)[O-]. The van der Waals surface area contributed by atoms with E-state index in [1.165, 1.54) is 0 Å². The number of nitro groups is 1. The Morgan fingerprint density at radius 1 is 1.50 bits per heavy atom. The predicted molar refractivity (Wildman–Crippen MR) is 33.4 cm³/mol. The summed E-state index contributed by atoms with van der Waals surface area (Å²) in [5.74, 6) is -1.15. The van der Waals surface area contributed by atoms with E-state index in [2.05, 4.69) is 10.6 Å². The second-order valence-corrected chi connectivity index (χ2v) is 2.08. The molecule has 3 amide bonds. The monoisotopic (exact) mass is 172 g/mol. The summed E-state index contributed by atoms with van der Waals surface area (Å²) < 4.78 is 0. The third-order valence-electron chi connectivity index (χ3n) is 1.27. The Bertz CT molecular complexity index is 251. The predicted octanol–water partition coefficient (Wildman–Crippen LogP) is -2.21. The van der Waals surface area contributed by atoms with E-state index < -0.39 is 29.1 Å². The van der Waals surface area contributed by atoms with Crippen molar-refractivity contribution < 1.29 is 14.5 Å². The Kier molecular flexibility index (Phi) is 1.92. The number of imide groups is 1. The lowest BCUT2D eigenvalue weighted by Gasteiger charge is -2.17. The lowest BCUT2D eigenvalue weighted by Crippen LogP contribution is -2.61. The van der Waals surface area contributed by atoms with Crippen LogP contribution in [-0.4, -0.2) is 29.1 Å². The second-order valence-electron chi connectivity index (χ2n) is 2.08. The summed E-state index contributed by atoms with van der Waals surface area (Å²) in [6, 6.07) is -2.78. The number of hydrogen-bond acceptors (Lipinski definition) is 5. The van der Waals surface area contributed by atoms with Crippen molar-refractivity contribution >= 4 is 11.9 Å². The normalized spacial score (nSPS) is 29.1. The van der Waals surface area contributed by atoms with Gasteiger partial charge in [0.2, 0.25) is 0 Å². The van der Waals surface area contributed by atoms with Crippen LogP contribution in [0.25, 0.3) is 0 Å². The molecule has 8 heteroatoms. The van der Waals surface area contributed by atoms with Crippen LogP contribution < -0.4 is 16.4 Å². The van der Waals surface area contributed by atoms with Gasteiger partial charge in [-0.25, -0.2) is 10.1 Å². The first-order chi connectivity index (χ1) is 5.52. The van der Waals surface area contributed by atoms with Gasteiger partial charge in [0.15, 0.2) is 6.17 Å². The minimum atomic E-state index is -1.72. The first-order valence-electron chi connectivity index (χ1n) is 2.92. The van der Waals surface area contributed by atoms with Gasteiger partial charge in [0.1, 0.15) is 0 Å². The molecule has 0 bridgehead atoms. The minimum Gasteiger partial charge on any atom is -0.303 e. The number of amides is 3. The van der Waals surface area contributed by atoms with Crippen LogP contribution in [0, 0.1) is 10.1 Å². The van der Waals surface area contributed by atoms with Crippen LogP contribution in [-0.2, 0) is 4.79 Å². The average molecular weight is 172 g/mol. The van der Waals surface area contributed by atoms with E-state index in [1.807, 2.05) is 0 Å². The van der Waals surface area contributed by atoms with E-state index in [0.717, 1.165) is 0 Å². The zero-order valence-electron chi connectivity index (χ0n) is 5.71. The number of nitrogens with two attached hydrogens (primary N) is 1. The van der Waals surface area contributed by atoms with Crippen LogP contribution in [0.2, 0.25) is 0 Å². The molecule has 2 N–H and O–H groups in total. The molecule has 1 fully saturated rings. The van der Waals surface area contributed by atoms with Gasteiger partial charge in [-0.15, -0.1) is 5.32 Å². The van der Waals surface area contributed by atoms with Gasteiger partial charge < -0.3 is 5.73 Å². The highest BCUT2D eigenvalue weighted by Gasteiger charge is 2.45. The third-order valence-corrected chi connectivity index (χ3v) is 1.27. The third kappa shape index (κ3) is 1.32. The van der Waals surface area contributed by atoms with Crippen LogP contribution in [0.1, 0.15) is 0 Å². The van der Waals surface area contributed by atoms with Crippen molar-refractivity contribution in [3.05, 3.63) is 10.1 Å². The van der Waals surface area contributed by atoms with Crippen molar-refractivity contribution in [2.45, 2.75) is 12.2 Å². The molecule has 0 spiro atoms. The molecule has 12 heavy (non-hydrogen) atoms. The van der Waals surface area contributed by atoms with E-state index in [4.69, 9.17) is 5.73 Å². The van der Waals surface area contributed by atoms with Gasteiger partial charge in [-0.3, -0.25) is 14.9 Å². The lowest BCUT2D eigenvalue weighted by atomic mass is 10.2. The Labute approximate surface area is 66.2 Å². The van der Waals surface area contributed by atoms with E-state index in [-0.39, 0.29) is 0 Å². The maximum absolute atomic E-state index is 10.7. The fourth-order valence-electron chi connectivity index (χ4n) is 0.748. The molecule has 2 radical (unpaired) electrons. The van der Waals surface area contributed by atoms with Crippen molar-refractivity contribution in [2.24, 2.45) is 5.73 Å². The summed E-state index contributed by atoms with van der Waals surface area (Å²) in [6.45, 7) is 0. The van der Waals surface area contributed by atoms with Gasteiger partial charge in [0.25, 0.3) is 0 Å². The van der Waals surface area contributed by atoms with Gasteiger partial charge in [0, 0.05) is 4.92 Å². The number of nitrogens with zero attached hydrogens (tertiary/aromatic N) is 3. The molecular formula is C4H4N4O4. The van der Waals surface area contributed by atoms with Crippen LogP contribution in [0.5, 0.6) is 0 Å². The smallest absolute Gasteiger partial charge is 0.303 e. The van der Waals surface area contributed by atoms with E-state index >= 15 is 0 Å². The molecule has 0 aromatic carbocycles. The summed E-state index contributed by atoms with van der Waals surface area (Å²) in [4.78, 5) is 30.3. The summed E-state index contributed by atoms with van der Waals surface area (Å²) in [6.07, 6.45) is -1.42. The molecule has 1 heterocycles. The van der Waals surface area contributed by atoms with Gasteiger partial charge in [-0.05, 0) is 0 Å². The number of carbonyl (C=O) groups is 2. The first kappa shape index (κ1) is 8.40. The lowest BCUT2D eigenvalue weighted by molar-refractivity contribution is -0.512. The highest BCUT2D eigenvalue weighted by Crippen LogP contribution is 2.01. The zero-order chi connectivity index (χ0) is 9.30. The van der Waals surface area contributed by atoms with Crippen molar-refractivity contribution in [3.8, 4) is 0 Å². The molecule has 0 aromatic heterocycles. The Morgan fingerprint density at radius 3 is 2.50 bits per heavy atom. The second kappa shape index (κ2) is 2.74. The standard InChI is InChI=1S/C4H4N4O4/c5-2-1(8(11)12)3(9)7-4(10)6-2/h1-2H,5H2. The van der Waals surface area contributed by atoms with E-state index in [9.17, 15) is 19.7 Å². The number of urea groups is 1. The maximum atomic E-state index is 10.7. The van der Waals surface area contributed by atoms with Crippen molar-refractivity contribution in [2.75, 3.05) is 0 Å². The van der Waals surface area contributed by atoms with Crippen molar-refractivity contribution in [3.63, 3.8) is 0 Å². The molecule has 0 aliphatic carbocycles. The van der Waals surface area contributed by atoms with Crippen molar-refractivity contribution in [1.29, 1.82) is 0 Å². The van der Waals surface area contributed by atoms with E-state index in [0.29, 0.717) is 0 Å². The summed E-state index contributed by atoms with van der Waals surface area (Å²) in [5, 5.41) is 16.0. The van der Waals surface area contributed by atoms with Crippen LogP contribution in [0.3, 0.4) is 0 Å². The van der Waals surface area contributed by atoms with E-state index in [1.54, 1.807) is 0 Å². The molecule has 64 valence electrons. The highest BCUT2D eigenvalue weighted by molar-refractivity contribution is 5.98. The Morgan fingerprint density at radius 2 is 2.08 bits per heavy atom. The fourth-order valence-corrected chi connectivity index (χ4v) is 0.748. The molecule has 1 aliphatic rings. The average Bonchev–Trinajstić information content (AvgIpc) is 1.82. The first-order valence-corrected chi connectivity index (χ1v) is 2.92. The molecule has 1 aliphatic heterocycles. The summed E-state index contributed by atoms with van der Waals surface area (Å²) in [5.41, 5.74) is 5.05. The number of hydrogen-bond donors (Lipinski definition) is 1. The molecule has 1 saturated heterocycles. The number of carbonyl (C=O) groups excluding carboxylic acids is 2. The molecule has 8 nitrogen and oxygen atoms in total. The van der Waals surface area contributed by atoms with Crippen LogP contribution >= 0.6 is 0 Å². The molecular weight excluding hydrogens is 168 g/mol.